The zero-order valence-corrected chi connectivity index (χ0v) is 16.9. The molecule has 0 fully saturated rings. The number of nitrogens with one attached hydrogen (secondary N) is 1. The SMILES string of the molecule is CCOC(=O)CC(C(C)=O)/C(C)=N\NCc1nc(-c2ccccc2)c(C)s1. The highest BCUT2D eigenvalue weighted by atomic mass is 32.1. The third-order valence-electron chi connectivity index (χ3n) is 4.04. The van der Waals surface area contributed by atoms with Crippen LogP contribution in [0.4, 0.5) is 0 Å². The summed E-state index contributed by atoms with van der Waals surface area (Å²) in [6.45, 7) is 7.73. The smallest absolute Gasteiger partial charge is 0.306 e. The Hall–Kier alpha value is -2.54. The van der Waals surface area contributed by atoms with E-state index in [1.54, 1.807) is 25.2 Å². The number of hydrogen-bond acceptors (Lipinski definition) is 7. The summed E-state index contributed by atoms with van der Waals surface area (Å²) >= 11 is 1.61. The second-order valence-electron chi connectivity index (χ2n) is 6.14. The van der Waals surface area contributed by atoms with Crippen LogP contribution in [-0.4, -0.2) is 29.1 Å². The first-order valence-electron chi connectivity index (χ1n) is 8.87. The summed E-state index contributed by atoms with van der Waals surface area (Å²) in [6, 6.07) is 10.0. The Balaban J connectivity index is 2.01. The number of esters is 1. The quantitative estimate of drug-likeness (QED) is 0.403. The van der Waals surface area contributed by atoms with Gasteiger partial charge in [-0.25, -0.2) is 4.98 Å². The molecule has 7 heteroatoms. The first-order chi connectivity index (χ1) is 12.9. The largest absolute Gasteiger partial charge is 0.466 e. The molecule has 0 spiro atoms. The van der Waals surface area contributed by atoms with Crippen molar-refractivity contribution in [3.63, 3.8) is 0 Å². The Morgan fingerprint density at radius 3 is 2.59 bits per heavy atom. The highest BCUT2D eigenvalue weighted by Crippen LogP contribution is 2.27. The number of ether oxygens (including phenoxy) is 1. The van der Waals surface area contributed by atoms with Crippen molar-refractivity contribution in [1.82, 2.24) is 10.4 Å². The van der Waals surface area contributed by atoms with E-state index in [1.165, 1.54) is 6.92 Å². The summed E-state index contributed by atoms with van der Waals surface area (Å²) in [5, 5.41) is 5.18. The number of carbonyl (C=O) groups is 2. The second kappa shape index (κ2) is 9.97. The lowest BCUT2D eigenvalue weighted by atomic mass is 9.96. The van der Waals surface area contributed by atoms with Crippen LogP contribution in [0.25, 0.3) is 11.3 Å². The Labute approximate surface area is 163 Å². The van der Waals surface area contributed by atoms with Crippen LogP contribution in [-0.2, 0) is 20.9 Å². The van der Waals surface area contributed by atoms with Crippen molar-refractivity contribution in [2.24, 2.45) is 11.0 Å². The van der Waals surface area contributed by atoms with Gasteiger partial charge in [0.15, 0.2) is 0 Å². The van der Waals surface area contributed by atoms with Crippen molar-refractivity contribution in [3.05, 3.63) is 40.2 Å². The van der Waals surface area contributed by atoms with Gasteiger partial charge in [0.25, 0.3) is 0 Å². The lowest BCUT2D eigenvalue weighted by Gasteiger charge is -2.12. The number of rotatable bonds is 9. The van der Waals surface area contributed by atoms with E-state index in [0.717, 1.165) is 21.1 Å². The Kier molecular flexibility index (Phi) is 7.67. The first kappa shape index (κ1) is 20.8. The number of aromatic nitrogens is 1. The molecule has 1 heterocycles. The molecular weight excluding hydrogens is 362 g/mol. The Bertz CT molecular complexity index is 815. The molecule has 2 rings (SSSR count). The zero-order valence-electron chi connectivity index (χ0n) is 16.1. The second-order valence-corrected chi connectivity index (χ2v) is 7.43. The minimum absolute atomic E-state index is 0.00863. The number of carbonyl (C=O) groups excluding carboxylic acids is 2. The monoisotopic (exact) mass is 387 g/mol. The Morgan fingerprint density at radius 2 is 1.96 bits per heavy atom. The van der Waals surface area contributed by atoms with Gasteiger partial charge in [0.1, 0.15) is 10.8 Å². The minimum Gasteiger partial charge on any atom is -0.466 e. The van der Waals surface area contributed by atoms with E-state index in [1.807, 2.05) is 37.3 Å². The summed E-state index contributed by atoms with van der Waals surface area (Å²) in [5.74, 6) is -1.08. The van der Waals surface area contributed by atoms with Crippen molar-refractivity contribution in [3.8, 4) is 11.3 Å². The molecule has 1 aromatic carbocycles. The topological polar surface area (TPSA) is 80.7 Å². The van der Waals surface area contributed by atoms with Crippen molar-refractivity contribution in [2.75, 3.05) is 6.61 Å². The summed E-state index contributed by atoms with van der Waals surface area (Å²) in [5.41, 5.74) is 5.59. The molecule has 2 aromatic rings. The van der Waals surface area contributed by atoms with E-state index >= 15 is 0 Å². The molecule has 0 aliphatic heterocycles. The normalized spacial score (nSPS) is 12.5. The molecule has 0 aliphatic carbocycles. The molecule has 144 valence electrons. The molecule has 1 N–H and O–H groups in total. The van der Waals surface area contributed by atoms with Crippen LogP contribution in [0.3, 0.4) is 0 Å². The van der Waals surface area contributed by atoms with E-state index in [9.17, 15) is 9.59 Å². The molecule has 0 aliphatic rings. The van der Waals surface area contributed by atoms with Gasteiger partial charge in [-0.05, 0) is 27.7 Å². The number of hydrazone groups is 1. The van der Waals surface area contributed by atoms with Gasteiger partial charge in [-0.1, -0.05) is 30.3 Å². The van der Waals surface area contributed by atoms with Gasteiger partial charge in [0.2, 0.25) is 0 Å². The van der Waals surface area contributed by atoms with Gasteiger partial charge >= 0.3 is 5.97 Å². The molecule has 0 bridgehead atoms. The molecule has 0 saturated carbocycles. The molecule has 1 atom stereocenters. The third-order valence-corrected chi connectivity index (χ3v) is 5.02. The Morgan fingerprint density at radius 1 is 1.26 bits per heavy atom. The predicted octanol–water partition coefficient (Wildman–Crippen LogP) is 3.74. The number of thiazole rings is 1. The highest BCUT2D eigenvalue weighted by molar-refractivity contribution is 7.12. The van der Waals surface area contributed by atoms with Gasteiger partial charge in [-0.2, -0.15) is 5.10 Å². The van der Waals surface area contributed by atoms with E-state index in [2.05, 4.69) is 15.5 Å². The number of Topliss-reactive ketones (excluding diaryl/α,β-unsaturated/α-hetero) is 1. The lowest BCUT2D eigenvalue weighted by Crippen LogP contribution is -2.26. The molecule has 0 amide bonds. The van der Waals surface area contributed by atoms with Crippen molar-refractivity contribution < 1.29 is 14.3 Å². The number of ketones is 1. The fourth-order valence-corrected chi connectivity index (χ4v) is 3.56. The molecule has 27 heavy (non-hydrogen) atoms. The number of nitrogens with zero attached hydrogens (tertiary/aromatic N) is 2. The fourth-order valence-electron chi connectivity index (χ4n) is 2.67. The van der Waals surface area contributed by atoms with Crippen molar-refractivity contribution in [2.45, 2.75) is 40.7 Å². The summed E-state index contributed by atoms with van der Waals surface area (Å²) in [4.78, 5) is 29.3. The zero-order chi connectivity index (χ0) is 19.8. The summed E-state index contributed by atoms with van der Waals surface area (Å²) in [6.07, 6.45) is 0.00863. The van der Waals surface area contributed by atoms with Gasteiger partial charge in [-0.15, -0.1) is 11.3 Å². The van der Waals surface area contributed by atoms with Gasteiger partial charge in [0, 0.05) is 16.2 Å². The van der Waals surface area contributed by atoms with Crippen molar-refractivity contribution in [1.29, 1.82) is 0 Å². The van der Waals surface area contributed by atoms with E-state index in [4.69, 9.17) is 4.74 Å². The standard InChI is InChI=1S/C20H25N3O3S/c1-5-26-19(25)11-17(14(3)24)13(2)23-21-12-18-22-20(15(4)27-18)16-9-7-6-8-10-16/h6-10,17,21H,5,11-12H2,1-4H3/b23-13-. The van der Waals surface area contributed by atoms with Gasteiger partial charge in [-0.3, -0.25) is 9.59 Å². The first-order valence-corrected chi connectivity index (χ1v) is 9.68. The van der Waals surface area contributed by atoms with E-state index in [0.29, 0.717) is 18.9 Å². The molecule has 0 radical (unpaired) electrons. The molecule has 1 aromatic heterocycles. The van der Waals surface area contributed by atoms with Gasteiger partial charge < -0.3 is 10.2 Å². The summed E-state index contributed by atoms with van der Waals surface area (Å²) < 4.78 is 4.93. The molecule has 6 nitrogen and oxygen atoms in total. The molecule has 1 unspecified atom stereocenters. The van der Waals surface area contributed by atoms with Crippen LogP contribution in [0.15, 0.2) is 35.4 Å². The number of aryl methyl sites for hydroxylation is 1. The molecule has 0 saturated heterocycles. The average Bonchev–Trinajstić information content (AvgIpc) is 3.01. The maximum atomic E-state index is 11.8. The van der Waals surface area contributed by atoms with Gasteiger partial charge in [0.05, 0.1) is 31.2 Å². The van der Waals surface area contributed by atoms with Crippen LogP contribution in [0.5, 0.6) is 0 Å². The molecular formula is C20H25N3O3S. The van der Waals surface area contributed by atoms with Crippen molar-refractivity contribution >= 4 is 28.8 Å². The summed E-state index contributed by atoms with van der Waals surface area (Å²) in [7, 11) is 0. The maximum Gasteiger partial charge on any atom is 0.306 e. The lowest BCUT2D eigenvalue weighted by molar-refractivity contribution is -0.145. The van der Waals surface area contributed by atoms with Crippen LogP contribution in [0.1, 0.15) is 37.1 Å². The van der Waals surface area contributed by atoms with Crippen LogP contribution < -0.4 is 5.43 Å². The fraction of sp³-hybridized carbons (Fsp3) is 0.400. The van der Waals surface area contributed by atoms with E-state index < -0.39 is 11.9 Å². The minimum atomic E-state index is -0.575. The van der Waals surface area contributed by atoms with Crippen LogP contribution in [0, 0.1) is 12.8 Å². The van der Waals surface area contributed by atoms with Crippen LogP contribution >= 0.6 is 11.3 Å². The predicted molar refractivity (Wildman–Crippen MR) is 108 cm³/mol. The highest BCUT2D eigenvalue weighted by Gasteiger charge is 2.22. The number of benzene rings is 1. The van der Waals surface area contributed by atoms with E-state index in [-0.39, 0.29) is 12.2 Å². The third kappa shape index (κ3) is 5.99. The average molecular weight is 388 g/mol. The number of hydrogen-bond donors (Lipinski definition) is 1. The van der Waals surface area contributed by atoms with Crippen LogP contribution in [0.2, 0.25) is 0 Å². The maximum absolute atomic E-state index is 11.8.